The fourth-order valence-corrected chi connectivity index (χ4v) is 3.03. The number of aryl methyl sites for hydroxylation is 1. The summed E-state index contributed by atoms with van der Waals surface area (Å²) in [6, 6.07) is 16.1. The van der Waals surface area contributed by atoms with E-state index in [1.54, 1.807) is 6.33 Å². The first-order valence-corrected chi connectivity index (χ1v) is 7.55. The fraction of sp³-hybridized carbons (Fsp3) is 0.118. The zero-order chi connectivity index (χ0) is 14.8. The van der Waals surface area contributed by atoms with Gasteiger partial charge in [-0.15, -0.1) is 0 Å². The highest BCUT2D eigenvalue weighted by atomic mass is 79.9. The lowest BCUT2D eigenvalue weighted by Gasteiger charge is -2.16. The van der Waals surface area contributed by atoms with E-state index in [1.165, 1.54) is 5.56 Å². The average Bonchev–Trinajstić information content (AvgIpc) is 2.96. The van der Waals surface area contributed by atoms with Crippen LogP contribution in [0.3, 0.4) is 0 Å². The van der Waals surface area contributed by atoms with Crippen LogP contribution in [0.25, 0.3) is 5.69 Å². The third-order valence-electron chi connectivity index (χ3n) is 3.45. The summed E-state index contributed by atoms with van der Waals surface area (Å²) >= 11 is 3.54. The van der Waals surface area contributed by atoms with Gasteiger partial charge in [0, 0.05) is 10.2 Å². The molecule has 3 rings (SSSR count). The van der Waals surface area contributed by atoms with Crippen molar-refractivity contribution in [3.8, 4) is 5.69 Å². The molecule has 3 nitrogen and oxygen atoms in total. The van der Waals surface area contributed by atoms with E-state index in [1.807, 2.05) is 41.1 Å². The summed E-state index contributed by atoms with van der Waals surface area (Å²) < 4.78 is 3.08. The van der Waals surface area contributed by atoms with Crippen molar-refractivity contribution in [1.82, 2.24) is 9.55 Å². The lowest BCUT2D eigenvalue weighted by molar-refractivity contribution is 0.793. The lowest BCUT2D eigenvalue weighted by Crippen LogP contribution is -2.15. The summed E-state index contributed by atoms with van der Waals surface area (Å²) in [6.45, 7) is 2.07. The normalized spacial score (nSPS) is 12.3. The second-order valence-electron chi connectivity index (χ2n) is 5.06. The van der Waals surface area contributed by atoms with Crippen molar-refractivity contribution >= 4 is 15.9 Å². The maximum Gasteiger partial charge on any atom is 0.0994 e. The summed E-state index contributed by atoms with van der Waals surface area (Å²) in [5.41, 5.74) is 10.7. The molecule has 1 atom stereocenters. The Labute approximate surface area is 132 Å². The van der Waals surface area contributed by atoms with Gasteiger partial charge < -0.3 is 10.3 Å². The maximum atomic E-state index is 6.40. The first-order valence-electron chi connectivity index (χ1n) is 6.75. The number of rotatable bonds is 3. The number of hydrogen-bond donors (Lipinski definition) is 1. The van der Waals surface area contributed by atoms with Crippen LogP contribution < -0.4 is 5.73 Å². The van der Waals surface area contributed by atoms with Gasteiger partial charge in [-0.05, 0) is 36.2 Å². The van der Waals surface area contributed by atoms with Gasteiger partial charge in [-0.25, -0.2) is 4.98 Å². The van der Waals surface area contributed by atoms with Gasteiger partial charge in [0.1, 0.15) is 0 Å². The van der Waals surface area contributed by atoms with Gasteiger partial charge in [-0.1, -0.05) is 46.3 Å². The molecule has 0 aliphatic carbocycles. The highest BCUT2D eigenvalue weighted by Crippen LogP contribution is 2.24. The van der Waals surface area contributed by atoms with Crippen molar-refractivity contribution in [2.45, 2.75) is 13.0 Å². The maximum absolute atomic E-state index is 6.40. The average molecular weight is 342 g/mol. The standard InChI is InChI=1S/C17H16BrN3/c1-12-7-14(18)9-15(8-12)21-11-20-10-16(21)17(19)13-5-3-2-4-6-13/h2-11,17H,19H2,1H3. The molecule has 0 bridgehead atoms. The highest BCUT2D eigenvalue weighted by molar-refractivity contribution is 9.10. The molecule has 0 saturated heterocycles. The van der Waals surface area contributed by atoms with Crippen molar-refractivity contribution in [3.63, 3.8) is 0 Å². The molecule has 0 amide bonds. The molecular weight excluding hydrogens is 326 g/mol. The quantitative estimate of drug-likeness (QED) is 0.782. The van der Waals surface area contributed by atoms with Crippen LogP contribution in [0.2, 0.25) is 0 Å². The Balaban J connectivity index is 2.05. The van der Waals surface area contributed by atoms with Crippen molar-refractivity contribution in [2.24, 2.45) is 5.73 Å². The highest BCUT2D eigenvalue weighted by Gasteiger charge is 2.14. The molecule has 4 heteroatoms. The van der Waals surface area contributed by atoms with Crippen molar-refractivity contribution in [3.05, 3.63) is 82.3 Å². The third kappa shape index (κ3) is 2.91. The molecule has 0 radical (unpaired) electrons. The Hall–Kier alpha value is -1.91. The smallest absolute Gasteiger partial charge is 0.0994 e. The van der Waals surface area contributed by atoms with Crippen molar-refractivity contribution in [1.29, 1.82) is 0 Å². The number of nitrogens with two attached hydrogens (primary N) is 1. The predicted octanol–water partition coefficient (Wildman–Crippen LogP) is 3.99. The largest absolute Gasteiger partial charge is 0.319 e. The minimum absolute atomic E-state index is 0.201. The SMILES string of the molecule is Cc1cc(Br)cc(-n2cncc2C(N)c2ccccc2)c1. The van der Waals surface area contributed by atoms with Gasteiger partial charge >= 0.3 is 0 Å². The third-order valence-corrected chi connectivity index (χ3v) is 3.91. The molecule has 106 valence electrons. The summed E-state index contributed by atoms with van der Waals surface area (Å²) in [4.78, 5) is 4.27. The second-order valence-corrected chi connectivity index (χ2v) is 5.98. The summed E-state index contributed by atoms with van der Waals surface area (Å²) in [7, 11) is 0. The number of imidazole rings is 1. The number of benzene rings is 2. The van der Waals surface area contributed by atoms with Gasteiger partial charge in [0.2, 0.25) is 0 Å². The topological polar surface area (TPSA) is 43.8 Å². The summed E-state index contributed by atoms with van der Waals surface area (Å²) in [5.74, 6) is 0. The molecule has 1 unspecified atom stereocenters. The summed E-state index contributed by atoms with van der Waals surface area (Å²) in [6.07, 6.45) is 3.63. The molecule has 2 N–H and O–H groups in total. The van der Waals surface area contributed by atoms with Crippen LogP contribution in [0.15, 0.2) is 65.5 Å². The molecular formula is C17H16BrN3. The van der Waals surface area contributed by atoms with E-state index in [-0.39, 0.29) is 6.04 Å². The van der Waals surface area contributed by atoms with E-state index >= 15 is 0 Å². The zero-order valence-corrected chi connectivity index (χ0v) is 13.3. The number of halogens is 1. The predicted molar refractivity (Wildman–Crippen MR) is 88.5 cm³/mol. The molecule has 0 fully saturated rings. The molecule has 0 aliphatic heterocycles. The van der Waals surface area contributed by atoms with Gasteiger partial charge in [-0.3, -0.25) is 0 Å². The Kier molecular flexibility index (Phi) is 3.90. The van der Waals surface area contributed by atoms with Crippen LogP contribution in [0, 0.1) is 6.92 Å². The van der Waals surface area contributed by atoms with E-state index in [0.717, 1.165) is 21.4 Å². The minimum Gasteiger partial charge on any atom is -0.319 e. The molecule has 2 aromatic carbocycles. The summed E-state index contributed by atoms with van der Waals surface area (Å²) in [5, 5.41) is 0. The van der Waals surface area contributed by atoms with Crippen molar-refractivity contribution < 1.29 is 0 Å². The Morgan fingerprint density at radius 2 is 1.90 bits per heavy atom. The molecule has 0 saturated carbocycles. The molecule has 0 spiro atoms. The zero-order valence-electron chi connectivity index (χ0n) is 11.7. The van der Waals surface area contributed by atoms with E-state index < -0.39 is 0 Å². The van der Waals surface area contributed by atoms with Crippen LogP contribution >= 0.6 is 15.9 Å². The van der Waals surface area contributed by atoms with Gasteiger partial charge in [-0.2, -0.15) is 0 Å². The van der Waals surface area contributed by atoms with E-state index in [0.29, 0.717) is 0 Å². The molecule has 3 aromatic rings. The second kappa shape index (κ2) is 5.84. The lowest BCUT2D eigenvalue weighted by atomic mass is 10.1. The van der Waals surface area contributed by atoms with Gasteiger partial charge in [0.05, 0.1) is 24.3 Å². The Bertz CT molecular complexity index is 729. The number of hydrogen-bond acceptors (Lipinski definition) is 2. The van der Waals surface area contributed by atoms with Crippen LogP contribution in [0.5, 0.6) is 0 Å². The molecule has 1 aromatic heterocycles. The van der Waals surface area contributed by atoms with Crippen LogP contribution in [0.1, 0.15) is 22.9 Å². The fourth-order valence-electron chi connectivity index (χ4n) is 2.44. The molecule has 1 heterocycles. The van der Waals surface area contributed by atoms with E-state index in [2.05, 4.69) is 46.0 Å². The van der Waals surface area contributed by atoms with E-state index in [9.17, 15) is 0 Å². The molecule has 0 aliphatic rings. The van der Waals surface area contributed by atoms with Crippen LogP contribution in [0.4, 0.5) is 0 Å². The van der Waals surface area contributed by atoms with E-state index in [4.69, 9.17) is 5.73 Å². The monoisotopic (exact) mass is 341 g/mol. The first kappa shape index (κ1) is 14.0. The van der Waals surface area contributed by atoms with Gasteiger partial charge in [0.15, 0.2) is 0 Å². The Morgan fingerprint density at radius 1 is 1.14 bits per heavy atom. The minimum atomic E-state index is -0.201. The van der Waals surface area contributed by atoms with Gasteiger partial charge in [0.25, 0.3) is 0 Å². The Morgan fingerprint density at radius 3 is 2.62 bits per heavy atom. The first-order chi connectivity index (χ1) is 10.1. The van der Waals surface area contributed by atoms with Crippen LogP contribution in [-0.4, -0.2) is 9.55 Å². The van der Waals surface area contributed by atoms with Crippen LogP contribution in [-0.2, 0) is 0 Å². The number of aromatic nitrogens is 2. The number of nitrogens with zero attached hydrogens (tertiary/aromatic N) is 2. The van der Waals surface area contributed by atoms with Crippen molar-refractivity contribution in [2.75, 3.05) is 0 Å². The molecule has 21 heavy (non-hydrogen) atoms.